The van der Waals surface area contributed by atoms with Crippen molar-refractivity contribution in [2.75, 3.05) is 6.54 Å². The number of hydrogen-bond donors (Lipinski definition) is 1. The summed E-state index contributed by atoms with van der Waals surface area (Å²) < 4.78 is 0. The maximum atomic E-state index is 3.68. The van der Waals surface area contributed by atoms with E-state index in [1.165, 1.54) is 30.4 Å². The number of nitrogens with one attached hydrogen (secondary N) is 1. The van der Waals surface area contributed by atoms with Crippen molar-refractivity contribution in [3.8, 4) is 0 Å². The van der Waals surface area contributed by atoms with Gasteiger partial charge in [0.05, 0.1) is 0 Å². The van der Waals surface area contributed by atoms with Crippen LogP contribution in [-0.4, -0.2) is 12.1 Å². The van der Waals surface area contributed by atoms with Crippen molar-refractivity contribution in [1.29, 1.82) is 0 Å². The van der Waals surface area contributed by atoms with Gasteiger partial charge in [0.15, 0.2) is 0 Å². The molecule has 1 saturated carbocycles. The summed E-state index contributed by atoms with van der Waals surface area (Å²) in [6, 6.07) is 9.28. The molecule has 1 N–H and O–H groups in total. The van der Waals surface area contributed by atoms with Gasteiger partial charge in [0.25, 0.3) is 0 Å². The summed E-state index contributed by atoms with van der Waals surface area (Å²) in [5.74, 6) is 0. The second-order valence-electron chi connectivity index (χ2n) is 8.73. The molecule has 1 aliphatic rings. The highest BCUT2D eigenvalue weighted by atomic mass is 15.0. The van der Waals surface area contributed by atoms with Gasteiger partial charge in [0.1, 0.15) is 0 Å². The van der Waals surface area contributed by atoms with Crippen LogP contribution in [-0.2, 0) is 11.8 Å². The second kappa shape index (κ2) is 5.18. The van der Waals surface area contributed by atoms with Crippen molar-refractivity contribution in [2.24, 2.45) is 5.41 Å². The zero-order valence-electron chi connectivity index (χ0n) is 14.1. The average molecular weight is 273 g/mol. The van der Waals surface area contributed by atoms with E-state index in [9.17, 15) is 0 Å². The van der Waals surface area contributed by atoms with Gasteiger partial charge in [-0.25, -0.2) is 0 Å². The van der Waals surface area contributed by atoms with Crippen molar-refractivity contribution in [3.05, 3.63) is 35.4 Å². The quantitative estimate of drug-likeness (QED) is 0.839. The SMILES string of the molecule is CC(C)(C)NCC1(Cc2ccc(C(C)(C)C)cc2)CC1. The lowest BCUT2D eigenvalue weighted by Crippen LogP contribution is -2.40. The third kappa shape index (κ3) is 4.34. The molecule has 2 rings (SSSR count). The fraction of sp³-hybridized carbons (Fsp3) is 0.684. The van der Waals surface area contributed by atoms with Crippen LogP contribution < -0.4 is 5.32 Å². The molecule has 0 atom stereocenters. The van der Waals surface area contributed by atoms with Crippen molar-refractivity contribution in [1.82, 2.24) is 5.32 Å². The van der Waals surface area contributed by atoms with Gasteiger partial charge in [-0.3, -0.25) is 0 Å². The van der Waals surface area contributed by atoms with Gasteiger partial charge in [-0.05, 0) is 62.0 Å². The molecule has 0 bridgehead atoms. The van der Waals surface area contributed by atoms with Crippen LogP contribution >= 0.6 is 0 Å². The van der Waals surface area contributed by atoms with E-state index in [1.54, 1.807) is 0 Å². The van der Waals surface area contributed by atoms with E-state index in [4.69, 9.17) is 0 Å². The van der Waals surface area contributed by atoms with Crippen LogP contribution in [0.3, 0.4) is 0 Å². The summed E-state index contributed by atoms with van der Waals surface area (Å²) in [7, 11) is 0. The van der Waals surface area contributed by atoms with Gasteiger partial charge in [0, 0.05) is 12.1 Å². The van der Waals surface area contributed by atoms with E-state index in [0.717, 1.165) is 6.54 Å². The largest absolute Gasteiger partial charge is 0.312 e. The molecule has 1 aliphatic carbocycles. The highest BCUT2D eigenvalue weighted by Crippen LogP contribution is 2.48. The minimum absolute atomic E-state index is 0.228. The lowest BCUT2D eigenvalue weighted by Gasteiger charge is -2.25. The average Bonchev–Trinajstić information content (AvgIpc) is 3.06. The summed E-state index contributed by atoms with van der Waals surface area (Å²) in [5, 5.41) is 3.68. The Morgan fingerprint density at radius 2 is 1.50 bits per heavy atom. The first kappa shape index (κ1) is 15.6. The highest BCUT2D eigenvalue weighted by Gasteiger charge is 2.42. The smallest absolute Gasteiger partial charge is 0.00967 e. The zero-order chi connectivity index (χ0) is 15.0. The Bertz CT molecular complexity index is 438. The minimum atomic E-state index is 0.228. The molecule has 1 fully saturated rings. The normalized spacial score (nSPS) is 18.1. The van der Waals surface area contributed by atoms with Gasteiger partial charge in [0.2, 0.25) is 0 Å². The molecule has 0 aliphatic heterocycles. The van der Waals surface area contributed by atoms with E-state index in [0.29, 0.717) is 5.41 Å². The van der Waals surface area contributed by atoms with Crippen molar-refractivity contribution in [3.63, 3.8) is 0 Å². The van der Waals surface area contributed by atoms with Crippen LogP contribution in [0, 0.1) is 5.41 Å². The molecule has 0 heterocycles. The zero-order valence-corrected chi connectivity index (χ0v) is 14.1. The van der Waals surface area contributed by atoms with Gasteiger partial charge in [-0.15, -0.1) is 0 Å². The molecular weight excluding hydrogens is 242 g/mol. The lowest BCUT2D eigenvalue weighted by molar-refractivity contribution is 0.356. The monoisotopic (exact) mass is 273 g/mol. The Hall–Kier alpha value is -0.820. The first-order valence-electron chi connectivity index (χ1n) is 7.94. The molecule has 0 unspecified atom stereocenters. The fourth-order valence-electron chi connectivity index (χ4n) is 2.60. The third-order valence-corrected chi connectivity index (χ3v) is 4.35. The second-order valence-corrected chi connectivity index (χ2v) is 8.73. The fourth-order valence-corrected chi connectivity index (χ4v) is 2.60. The van der Waals surface area contributed by atoms with Crippen LogP contribution in [0.25, 0.3) is 0 Å². The molecule has 1 aromatic carbocycles. The van der Waals surface area contributed by atoms with Crippen LogP contribution in [0.5, 0.6) is 0 Å². The van der Waals surface area contributed by atoms with Crippen molar-refractivity contribution >= 4 is 0 Å². The summed E-state index contributed by atoms with van der Waals surface area (Å²) in [6.07, 6.45) is 3.97. The third-order valence-electron chi connectivity index (χ3n) is 4.35. The van der Waals surface area contributed by atoms with Crippen LogP contribution in [0.2, 0.25) is 0 Å². The number of hydrogen-bond acceptors (Lipinski definition) is 1. The lowest BCUT2D eigenvalue weighted by atomic mass is 9.85. The molecule has 20 heavy (non-hydrogen) atoms. The Kier molecular flexibility index (Phi) is 4.03. The molecule has 1 nitrogen and oxygen atoms in total. The molecule has 0 amide bonds. The first-order chi connectivity index (χ1) is 9.10. The van der Waals surface area contributed by atoms with Crippen LogP contribution in [0.1, 0.15) is 65.5 Å². The molecule has 1 aromatic rings. The Morgan fingerprint density at radius 3 is 1.90 bits per heavy atom. The topological polar surface area (TPSA) is 12.0 Å². The highest BCUT2D eigenvalue weighted by molar-refractivity contribution is 5.28. The molecule has 0 radical (unpaired) electrons. The molecule has 112 valence electrons. The van der Waals surface area contributed by atoms with Gasteiger partial charge < -0.3 is 5.32 Å². The maximum absolute atomic E-state index is 3.68. The first-order valence-corrected chi connectivity index (χ1v) is 7.94. The van der Waals surface area contributed by atoms with Crippen molar-refractivity contribution in [2.45, 2.75) is 71.8 Å². The predicted molar refractivity (Wildman–Crippen MR) is 88.3 cm³/mol. The summed E-state index contributed by atoms with van der Waals surface area (Å²) in [5.41, 5.74) is 3.93. The van der Waals surface area contributed by atoms with E-state index in [-0.39, 0.29) is 11.0 Å². The van der Waals surface area contributed by atoms with E-state index in [1.807, 2.05) is 0 Å². The van der Waals surface area contributed by atoms with E-state index < -0.39 is 0 Å². The van der Waals surface area contributed by atoms with Gasteiger partial charge >= 0.3 is 0 Å². The predicted octanol–water partition coefficient (Wildman–Crippen LogP) is 4.69. The molecular formula is C19H31N. The van der Waals surface area contributed by atoms with Crippen LogP contribution in [0.4, 0.5) is 0 Å². The van der Waals surface area contributed by atoms with E-state index >= 15 is 0 Å². The molecule has 0 aromatic heterocycles. The minimum Gasteiger partial charge on any atom is -0.312 e. The van der Waals surface area contributed by atoms with E-state index in [2.05, 4.69) is 71.1 Å². The number of rotatable bonds is 4. The van der Waals surface area contributed by atoms with Gasteiger partial charge in [-0.2, -0.15) is 0 Å². The van der Waals surface area contributed by atoms with Crippen molar-refractivity contribution < 1.29 is 0 Å². The Labute approximate surface area is 125 Å². The molecule has 0 saturated heterocycles. The Balaban J connectivity index is 1.97. The molecule has 1 heteroatoms. The Morgan fingerprint density at radius 1 is 0.950 bits per heavy atom. The maximum Gasteiger partial charge on any atom is 0.00967 e. The standard InChI is InChI=1S/C19H31N/c1-17(2,3)16-9-7-15(8-10-16)13-19(11-12-19)14-20-18(4,5)6/h7-10,20H,11-14H2,1-6H3. The molecule has 0 spiro atoms. The van der Waals surface area contributed by atoms with Crippen LogP contribution in [0.15, 0.2) is 24.3 Å². The summed E-state index contributed by atoms with van der Waals surface area (Å²) in [4.78, 5) is 0. The summed E-state index contributed by atoms with van der Waals surface area (Å²) in [6.45, 7) is 14.7. The van der Waals surface area contributed by atoms with Gasteiger partial charge in [-0.1, -0.05) is 45.0 Å². The summed E-state index contributed by atoms with van der Waals surface area (Å²) >= 11 is 0. The number of benzene rings is 1.